The Morgan fingerprint density at radius 1 is 0.543 bits per heavy atom. The number of hydrogen-bond donors (Lipinski definition) is 4. The standard InChI is InChI=1S/C41H79NO4/c1-3-5-7-9-11-13-15-17-18-19-20-21-22-24-26-28-30-32-34-36-40(45)42-38(37-43)41(46)39(44)35-33-31-29-27-25-23-16-14-12-10-8-6-4-2/h11,13,15,17,38-39,41,43-44,46H,3-10,12,14,16,18-37H2,1-2H3,(H,42,45)/b13-11-,17-15-. The Hall–Kier alpha value is -1.17. The van der Waals surface area contributed by atoms with Gasteiger partial charge in [-0.05, 0) is 38.5 Å². The number of amides is 1. The molecule has 0 bridgehead atoms. The van der Waals surface area contributed by atoms with Gasteiger partial charge in [-0.15, -0.1) is 0 Å². The minimum absolute atomic E-state index is 0.149. The van der Waals surface area contributed by atoms with Gasteiger partial charge >= 0.3 is 0 Å². The van der Waals surface area contributed by atoms with Crippen molar-refractivity contribution in [3.63, 3.8) is 0 Å². The quantitative estimate of drug-likeness (QED) is 0.0401. The van der Waals surface area contributed by atoms with Crippen LogP contribution in [-0.4, -0.2) is 46.1 Å². The molecule has 0 saturated carbocycles. The smallest absolute Gasteiger partial charge is 0.220 e. The maximum Gasteiger partial charge on any atom is 0.220 e. The summed E-state index contributed by atoms with van der Waals surface area (Å²) in [6.07, 6.45) is 42.7. The Kier molecular flexibility index (Phi) is 35.7. The van der Waals surface area contributed by atoms with Gasteiger partial charge < -0.3 is 20.6 Å². The number of rotatable bonds is 36. The van der Waals surface area contributed by atoms with E-state index in [4.69, 9.17) is 0 Å². The van der Waals surface area contributed by atoms with Crippen LogP contribution in [0, 0.1) is 0 Å². The predicted molar refractivity (Wildman–Crippen MR) is 199 cm³/mol. The maximum absolute atomic E-state index is 12.4. The van der Waals surface area contributed by atoms with Gasteiger partial charge in [-0.25, -0.2) is 0 Å². The Labute approximate surface area is 286 Å². The second kappa shape index (κ2) is 36.7. The topological polar surface area (TPSA) is 89.8 Å². The first-order valence-electron chi connectivity index (χ1n) is 20.1. The summed E-state index contributed by atoms with van der Waals surface area (Å²) in [4.78, 5) is 12.4. The molecule has 0 radical (unpaired) electrons. The molecule has 0 saturated heterocycles. The SMILES string of the molecule is CCCCC/C=C\C=C/CCCCCCCCCCCCC(=O)NC(CO)C(O)C(O)CCCCCCCCCCCCCCC. The van der Waals surface area contributed by atoms with Gasteiger partial charge in [0.15, 0.2) is 0 Å². The molecule has 272 valence electrons. The number of allylic oxidation sites excluding steroid dienone is 4. The van der Waals surface area contributed by atoms with E-state index in [1.54, 1.807) is 0 Å². The van der Waals surface area contributed by atoms with Crippen LogP contribution in [0.1, 0.15) is 206 Å². The largest absolute Gasteiger partial charge is 0.394 e. The molecule has 0 aromatic rings. The zero-order chi connectivity index (χ0) is 33.8. The predicted octanol–water partition coefficient (Wildman–Crippen LogP) is 11.0. The van der Waals surface area contributed by atoms with E-state index in [2.05, 4.69) is 43.5 Å². The molecule has 5 nitrogen and oxygen atoms in total. The van der Waals surface area contributed by atoms with Gasteiger partial charge in [-0.3, -0.25) is 4.79 Å². The number of unbranched alkanes of at least 4 members (excludes halogenated alkanes) is 25. The molecular formula is C41H79NO4. The van der Waals surface area contributed by atoms with Crippen molar-refractivity contribution in [2.75, 3.05) is 6.61 Å². The van der Waals surface area contributed by atoms with Crippen molar-refractivity contribution in [1.82, 2.24) is 5.32 Å². The highest BCUT2D eigenvalue weighted by Gasteiger charge is 2.26. The Balaban J connectivity index is 3.65. The number of hydrogen-bond acceptors (Lipinski definition) is 4. The normalized spacial score (nSPS) is 13.9. The summed E-state index contributed by atoms with van der Waals surface area (Å²) in [5.41, 5.74) is 0. The molecule has 0 aliphatic heterocycles. The minimum atomic E-state index is -1.13. The van der Waals surface area contributed by atoms with E-state index in [1.165, 1.54) is 141 Å². The van der Waals surface area contributed by atoms with E-state index >= 15 is 0 Å². The first-order valence-corrected chi connectivity index (χ1v) is 20.1. The Morgan fingerprint density at radius 3 is 1.37 bits per heavy atom. The highest BCUT2D eigenvalue weighted by atomic mass is 16.3. The third-order valence-corrected chi connectivity index (χ3v) is 9.34. The van der Waals surface area contributed by atoms with E-state index in [-0.39, 0.29) is 12.5 Å². The van der Waals surface area contributed by atoms with Gasteiger partial charge in [-0.2, -0.15) is 0 Å². The van der Waals surface area contributed by atoms with E-state index in [0.29, 0.717) is 12.8 Å². The number of nitrogens with one attached hydrogen (secondary N) is 1. The first kappa shape index (κ1) is 44.8. The second-order valence-electron chi connectivity index (χ2n) is 13.9. The summed E-state index contributed by atoms with van der Waals surface area (Å²) < 4.78 is 0. The van der Waals surface area contributed by atoms with Crippen molar-refractivity contribution in [3.05, 3.63) is 24.3 Å². The van der Waals surface area contributed by atoms with Gasteiger partial charge in [0.1, 0.15) is 6.10 Å². The lowest BCUT2D eigenvalue weighted by Gasteiger charge is -2.26. The summed E-state index contributed by atoms with van der Waals surface area (Å²) in [7, 11) is 0. The molecule has 0 aliphatic rings. The fourth-order valence-corrected chi connectivity index (χ4v) is 6.15. The third-order valence-electron chi connectivity index (χ3n) is 9.34. The molecule has 46 heavy (non-hydrogen) atoms. The van der Waals surface area contributed by atoms with E-state index in [9.17, 15) is 20.1 Å². The molecule has 3 atom stereocenters. The summed E-state index contributed by atoms with van der Waals surface area (Å²) >= 11 is 0. The average Bonchev–Trinajstić information content (AvgIpc) is 3.06. The number of carbonyl (C=O) groups is 1. The Morgan fingerprint density at radius 2 is 0.913 bits per heavy atom. The summed E-state index contributed by atoms with van der Waals surface area (Å²) in [6, 6.07) is -0.808. The van der Waals surface area contributed by atoms with E-state index in [1.807, 2.05) is 0 Å². The molecule has 0 aliphatic carbocycles. The number of carbonyl (C=O) groups excluding carboxylic acids is 1. The molecule has 1 amide bonds. The number of aliphatic hydroxyl groups is 3. The summed E-state index contributed by atoms with van der Waals surface area (Å²) in [6.45, 7) is 4.14. The van der Waals surface area contributed by atoms with Crippen molar-refractivity contribution in [1.29, 1.82) is 0 Å². The van der Waals surface area contributed by atoms with Crippen LogP contribution in [0.5, 0.6) is 0 Å². The van der Waals surface area contributed by atoms with Crippen LogP contribution in [0.4, 0.5) is 0 Å². The van der Waals surface area contributed by atoms with Crippen LogP contribution in [0.25, 0.3) is 0 Å². The van der Waals surface area contributed by atoms with Crippen LogP contribution in [0.2, 0.25) is 0 Å². The summed E-state index contributed by atoms with van der Waals surface area (Å²) in [5.74, 6) is -0.149. The van der Waals surface area contributed by atoms with Crippen molar-refractivity contribution in [2.45, 2.75) is 225 Å². The lowest BCUT2D eigenvalue weighted by atomic mass is 9.99. The van der Waals surface area contributed by atoms with Crippen LogP contribution < -0.4 is 5.32 Å². The van der Waals surface area contributed by atoms with Gasteiger partial charge in [-0.1, -0.05) is 186 Å². The van der Waals surface area contributed by atoms with Crippen LogP contribution in [-0.2, 0) is 4.79 Å². The minimum Gasteiger partial charge on any atom is -0.394 e. The molecule has 0 aromatic carbocycles. The molecule has 4 N–H and O–H groups in total. The van der Waals surface area contributed by atoms with Crippen LogP contribution in [0.15, 0.2) is 24.3 Å². The van der Waals surface area contributed by atoms with Crippen molar-refractivity contribution in [3.8, 4) is 0 Å². The monoisotopic (exact) mass is 650 g/mol. The van der Waals surface area contributed by atoms with E-state index in [0.717, 1.165) is 38.5 Å². The van der Waals surface area contributed by atoms with Crippen LogP contribution in [0.3, 0.4) is 0 Å². The molecule has 5 heteroatoms. The molecule has 0 heterocycles. The van der Waals surface area contributed by atoms with Crippen molar-refractivity contribution < 1.29 is 20.1 Å². The molecule has 0 spiro atoms. The Bertz CT molecular complexity index is 679. The average molecular weight is 650 g/mol. The fourth-order valence-electron chi connectivity index (χ4n) is 6.15. The number of aliphatic hydroxyl groups excluding tert-OH is 3. The third kappa shape index (κ3) is 31.4. The van der Waals surface area contributed by atoms with Crippen molar-refractivity contribution in [2.24, 2.45) is 0 Å². The lowest BCUT2D eigenvalue weighted by Crippen LogP contribution is -2.50. The molecular weight excluding hydrogens is 570 g/mol. The molecule has 0 rings (SSSR count). The highest BCUT2D eigenvalue weighted by Crippen LogP contribution is 2.16. The maximum atomic E-state index is 12.4. The fraction of sp³-hybridized carbons (Fsp3) is 0.878. The van der Waals surface area contributed by atoms with Crippen LogP contribution >= 0.6 is 0 Å². The summed E-state index contributed by atoms with van der Waals surface area (Å²) in [5, 5.41) is 33.4. The molecule has 0 aromatic heterocycles. The second-order valence-corrected chi connectivity index (χ2v) is 13.9. The zero-order valence-corrected chi connectivity index (χ0v) is 30.7. The van der Waals surface area contributed by atoms with Gasteiger partial charge in [0.05, 0.1) is 18.8 Å². The zero-order valence-electron chi connectivity index (χ0n) is 30.7. The van der Waals surface area contributed by atoms with E-state index < -0.39 is 18.2 Å². The highest BCUT2D eigenvalue weighted by molar-refractivity contribution is 5.76. The first-order chi connectivity index (χ1) is 22.6. The molecule has 0 fully saturated rings. The molecule has 3 unspecified atom stereocenters. The van der Waals surface area contributed by atoms with Crippen molar-refractivity contribution >= 4 is 5.91 Å². The van der Waals surface area contributed by atoms with Gasteiger partial charge in [0.2, 0.25) is 5.91 Å². The van der Waals surface area contributed by atoms with Gasteiger partial charge in [0, 0.05) is 6.42 Å². The van der Waals surface area contributed by atoms with Gasteiger partial charge in [0.25, 0.3) is 0 Å². The lowest BCUT2D eigenvalue weighted by molar-refractivity contribution is -0.124.